The number of imidazole rings is 2. The van der Waals surface area contributed by atoms with E-state index >= 15 is 0 Å². The Morgan fingerprint density at radius 2 is 1.31 bits per heavy atom. The molecule has 4 heterocycles. The zero-order chi connectivity index (χ0) is 10.5. The van der Waals surface area contributed by atoms with Crippen LogP contribution in [-0.4, -0.2) is 18.8 Å². The molecule has 76 valence electrons. The maximum atomic E-state index is 4.48. The lowest BCUT2D eigenvalue weighted by Crippen LogP contribution is -1.88. The van der Waals surface area contributed by atoms with E-state index in [4.69, 9.17) is 0 Å². The molecule has 0 aromatic carbocycles. The summed E-state index contributed by atoms with van der Waals surface area (Å²) < 4.78 is 4.10. The minimum Gasteiger partial charge on any atom is -0.284 e. The first kappa shape index (κ1) is 7.87. The Hall–Kier alpha value is -2.36. The second-order valence-electron chi connectivity index (χ2n) is 3.73. The number of rotatable bonds is 0. The average molecular weight is 208 g/mol. The van der Waals surface area contributed by atoms with E-state index in [1.807, 2.05) is 48.8 Å². The van der Waals surface area contributed by atoms with Gasteiger partial charge in [0, 0.05) is 12.4 Å². The third-order valence-electron chi connectivity index (χ3n) is 2.77. The smallest absolute Gasteiger partial charge is 0.198 e. The van der Waals surface area contributed by atoms with Crippen LogP contribution in [0.1, 0.15) is 0 Å². The van der Waals surface area contributed by atoms with Crippen molar-refractivity contribution in [3.8, 4) is 0 Å². The molecule has 4 heteroatoms. The van der Waals surface area contributed by atoms with Gasteiger partial charge in [-0.3, -0.25) is 8.80 Å². The molecule has 0 radical (unpaired) electrons. The number of fused-ring (bicyclic) bond motifs is 5. The van der Waals surface area contributed by atoms with Crippen LogP contribution in [0, 0.1) is 0 Å². The summed E-state index contributed by atoms with van der Waals surface area (Å²) in [5, 5.41) is 0. The van der Waals surface area contributed by atoms with Crippen molar-refractivity contribution in [2.45, 2.75) is 0 Å². The standard InChI is InChI=1S/C12H8N4/c1-3-7-15-9(5-1)13-11-12(15)16-8-4-2-6-10(16)14-11/h1-8H. The first-order valence-electron chi connectivity index (χ1n) is 5.13. The van der Waals surface area contributed by atoms with Crippen molar-refractivity contribution in [1.29, 1.82) is 0 Å². The van der Waals surface area contributed by atoms with Crippen molar-refractivity contribution in [2.75, 3.05) is 0 Å². The molecule has 4 aromatic rings. The number of aromatic nitrogens is 4. The largest absolute Gasteiger partial charge is 0.284 e. The molecule has 0 spiro atoms. The zero-order valence-electron chi connectivity index (χ0n) is 8.41. The molecule has 0 aliphatic rings. The van der Waals surface area contributed by atoms with Crippen LogP contribution in [0.15, 0.2) is 48.8 Å². The molecule has 0 N–H and O–H groups in total. The fourth-order valence-electron chi connectivity index (χ4n) is 2.08. The molecule has 0 saturated heterocycles. The van der Waals surface area contributed by atoms with Crippen LogP contribution in [0.4, 0.5) is 0 Å². The van der Waals surface area contributed by atoms with Crippen LogP contribution in [-0.2, 0) is 0 Å². The third kappa shape index (κ3) is 0.839. The topological polar surface area (TPSA) is 34.6 Å². The predicted octanol–water partition coefficient (Wildman–Crippen LogP) is 2.14. The van der Waals surface area contributed by atoms with Crippen molar-refractivity contribution < 1.29 is 0 Å². The van der Waals surface area contributed by atoms with Crippen molar-refractivity contribution in [3.63, 3.8) is 0 Å². The second kappa shape index (κ2) is 2.61. The number of hydrogen-bond donors (Lipinski definition) is 0. The minimum absolute atomic E-state index is 0.789. The van der Waals surface area contributed by atoms with E-state index in [9.17, 15) is 0 Å². The first-order chi connectivity index (χ1) is 7.93. The summed E-state index contributed by atoms with van der Waals surface area (Å²) in [4.78, 5) is 8.97. The summed E-state index contributed by atoms with van der Waals surface area (Å²) in [5.74, 6) is 0. The molecule has 0 bridgehead atoms. The lowest BCUT2D eigenvalue weighted by atomic mass is 10.5. The van der Waals surface area contributed by atoms with Gasteiger partial charge in [0.05, 0.1) is 0 Å². The Kier molecular flexibility index (Phi) is 1.28. The number of hydrogen-bond acceptors (Lipinski definition) is 2. The van der Waals surface area contributed by atoms with Gasteiger partial charge in [-0.05, 0) is 24.3 Å². The van der Waals surface area contributed by atoms with Crippen LogP contribution in [0.3, 0.4) is 0 Å². The quantitative estimate of drug-likeness (QED) is 0.443. The highest BCUT2D eigenvalue weighted by atomic mass is 15.2. The SMILES string of the molecule is c1ccn2c(c1)nc1nc3ccccn3c12. The molecule has 0 unspecified atom stereocenters. The van der Waals surface area contributed by atoms with Gasteiger partial charge in [-0.2, -0.15) is 0 Å². The van der Waals surface area contributed by atoms with Gasteiger partial charge in [0.2, 0.25) is 0 Å². The Morgan fingerprint density at radius 1 is 0.750 bits per heavy atom. The van der Waals surface area contributed by atoms with Gasteiger partial charge < -0.3 is 0 Å². The molecule has 4 aromatic heterocycles. The van der Waals surface area contributed by atoms with Crippen molar-refractivity contribution in [1.82, 2.24) is 18.8 Å². The van der Waals surface area contributed by atoms with Crippen LogP contribution < -0.4 is 0 Å². The summed E-state index contributed by atoms with van der Waals surface area (Å²) in [5.41, 5.74) is 3.67. The Bertz CT molecular complexity index is 744. The van der Waals surface area contributed by atoms with Crippen LogP contribution >= 0.6 is 0 Å². The molecule has 0 fully saturated rings. The normalized spacial score (nSPS) is 11.8. The Labute approximate surface area is 90.8 Å². The molecule has 0 aliphatic carbocycles. The Morgan fingerprint density at radius 3 is 1.88 bits per heavy atom. The predicted molar refractivity (Wildman–Crippen MR) is 61.4 cm³/mol. The molecule has 0 amide bonds. The van der Waals surface area contributed by atoms with Gasteiger partial charge in [-0.15, -0.1) is 0 Å². The molecule has 0 atom stereocenters. The van der Waals surface area contributed by atoms with E-state index < -0.39 is 0 Å². The van der Waals surface area contributed by atoms with E-state index in [1.54, 1.807) is 0 Å². The molecule has 4 nitrogen and oxygen atoms in total. The van der Waals surface area contributed by atoms with E-state index in [1.165, 1.54) is 0 Å². The van der Waals surface area contributed by atoms with Gasteiger partial charge in [-0.1, -0.05) is 12.1 Å². The summed E-state index contributed by atoms with van der Waals surface area (Å²) in [6.07, 6.45) is 4.01. The van der Waals surface area contributed by atoms with Gasteiger partial charge in [0.1, 0.15) is 11.3 Å². The number of pyridine rings is 2. The van der Waals surface area contributed by atoms with E-state index in [0.29, 0.717) is 0 Å². The lowest BCUT2D eigenvalue weighted by Gasteiger charge is -1.95. The van der Waals surface area contributed by atoms with Crippen molar-refractivity contribution in [3.05, 3.63) is 48.8 Å². The van der Waals surface area contributed by atoms with Crippen molar-refractivity contribution in [2.24, 2.45) is 0 Å². The molecular weight excluding hydrogens is 200 g/mol. The van der Waals surface area contributed by atoms with Gasteiger partial charge in [0.25, 0.3) is 0 Å². The number of nitrogens with zero attached hydrogens (tertiary/aromatic N) is 4. The summed E-state index contributed by atoms with van der Waals surface area (Å²) >= 11 is 0. The average Bonchev–Trinajstić information content (AvgIpc) is 2.83. The molecule has 0 saturated carbocycles. The van der Waals surface area contributed by atoms with Crippen molar-refractivity contribution >= 4 is 22.6 Å². The molecule has 16 heavy (non-hydrogen) atoms. The summed E-state index contributed by atoms with van der Waals surface area (Å²) in [6, 6.07) is 11.9. The Balaban J connectivity index is 2.38. The van der Waals surface area contributed by atoms with Crippen LogP contribution in [0.25, 0.3) is 22.6 Å². The zero-order valence-corrected chi connectivity index (χ0v) is 8.41. The second-order valence-corrected chi connectivity index (χ2v) is 3.73. The maximum absolute atomic E-state index is 4.48. The fourth-order valence-corrected chi connectivity index (χ4v) is 2.08. The fraction of sp³-hybridized carbons (Fsp3) is 0. The molecule has 4 rings (SSSR count). The first-order valence-corrected chi connectivity index (χ1v) is 5.13. The highest BCUT2D eigenvalue weighted by molar-refractivity contribution is 5.78. The lowest BCUT2D eigenvalue weighted by molar-refractivity contribution is 1.12. The van der Waals surface area contributed by atoms with E-state index in [-0.39, 0.29) is 0 Å². The summed E-state index contributed by atoms with van der Waals surface area (Å²) in [7, 11) is 0. The summed E-state index contributed by atoms with van der Waals surface area (Å²) in [6.45, 7) is 0. The van der Waals surface area contributed by atoms with Gasteiger partial charge >= 0.3 is 0 Å². The highest BCUT2D eigenvalue weighted by Gasteiger charge is 2.10. The van der Waals surface area contributed by atoms with Gasteiger partial charge in [0.15, 0.2) is 11.3 Å². The third-order valence-corrected chi connectivity index (χ3v) is 2.77. The monoisotopic (exact) mass is 208 g/mol. The highest BCUT2D eigenvalue weighted by Crippen LogP contribution is 2.17. The van der Waals surface area contributed by atoms with Gasteiger partial charge in [-0.25, -0.2) is 9.97 Å². The van der Waals surface area contributed by atoms with Crippen LogP contribution in [0.5, 0.6) is 0 Å². The minimum atomic E-state index is 0.789. The van der Waals surface area contributed by atoms with E-state index in [2.05, 4.69) is 18.8 Å². The van der Waals surface area contributed by atoms with E-state index in [0.717, 1.165) is 22.6 Å². The molecule has 0 aliphatic heterocycles. The van der Waals surface area contributed by atoms with Crippen LogP contribution in [0.2, 0.25) is 0 Å². The molecular formula is C12H8N4. The maximum Gasteiger partial charge on any atom is 0.198 e.